The zero-order chi connectivity index (χ0) is 13.0. The van der Waals surface area contributed by atoms with E-state index in [-0.39, 0.29) is 0 Å². The molecule has 0 amide bonds. The van der Waals surface area contributed by atoms with Crippen molar-refractivity contribution in [3.63, 3.8) is 0 Å². The number of aryl methyl sites for hydroxylation is 1. The number of rotatable bonds is 6. The fourth-order valence-electron chi connectivity index (χ4n) is 2.48. The van der Waals surface area contributed by atoms with Gasteiger partial charge in [0, 0.05) is 25.4 Å². The minimum atomic E-state index is 0.637. The summed E-state index contributed by atoms with van der Waals surface area (Å²) in [4.78, 5) is 6.94. The van der Waals surface area contributed by atoms with Gasteiger partial charge in [-0.25, -0.2) is 0 Å². The lowest BCUT2D eigenvalue weighted by atomic mass is 10.1. The number of hydrogen-bond acceptors (Lipinski definition) is 5. The van der Waals surface area contributed by atoms with Crippen LogP contribution in [-0.4, -0.2) is 40.7 Å². The molecule has 2 N–H and O–H groups in total. The minimum Gasteiger partial charge on any atom is -0.339 e. The molecule has 5 nitrogen and oxygen atoms in total. The first-order valence-corrected chi connectivity index (χ1v) is 6.94. The van der Waals surface area contributed by atoms with Crippen molar-refractivity contribution in [2.24, 2.45) is 11.7 Å². The van der Waals surface area contributed by atoms with Crippen molar-refractivity contribution in [1.29, 1.82) is 0 Å². The van der Waals surface area contributed by atoms with Crippen LogP contribution in [0.2, 0.25) is 0 Å². The summed E-state index contributed by atoms with van der Waals surface area (Å²) in [5.41, 5.74) is 5.47. The molecule has 1 aromatic rings. The Morgan fingerprint density at radius 3 is 3.00 bits per heavy atom. The summed E-state index contributed by atoms with van der Waals surface area (Å²) in [6.45, 7) is 7.52. The molecule has 102 valence electrons. The summed E-state index contributed by atoms with van der Waals surface area (Å²) in [6.07, 6.45) is 3.89. The van der Waals surface area contributed by atoms with Crippen molar-refractivity contribution in [3.8, 4) is 0 Å². The molecule has 0 bridgehead atoms. The normalized spacial score (nSPS) is 21.0. The molecule has 18 heavy (non-hydrogen) atoms. The maximum Gasteiger partial charge on any atom is 0.226 e. The molecule has 1 saturated heterocycles. The van der Waals surface area contributed by atoms with Crippen molar-refractivity contribution in [2.75, 3.05) is 19.6 Å². The Labute approximate surface area is 109 Å². The van der Waals surface area contributed by atoms with E-state index in [9.17, 15) is 0 Å². The van der Waals surface area contributed by atoms with Gasteiger partial charge in [-0.1, -0.05) is 5.16 Å². The van der Waals surface area contributed by atoms with E-state index in [0.29, 0.717) is 18.5 Å². The van der Waals surface area contributed by atoms with Crippen LogP contribution in [0.5, 0.6) is 0 Å². The first kappa shape index (κ1) is 13.5. The SMILES string of the molecule is CC(C)N1CCC(Cc2nc(CCCN)no2)C1. The molecule has 1 fully saturated rings. The Hall–Kier alpha value is -0.940. The van der Waals surface area contributed by atoms with E-state index in [2.05, 4.69) is 28.9 Å². The van der Waals surface area contributed by atoms with Gasteiger partial charge in [0.2, 0.25) is 5.89 Å². The molecular formula is C13H24N4O. The zero-order valence-corrected chi connectivity index (χ0v) is 11.4. The molecular weight excluding hydrogens is 228 g/mol. The maximum atomic E-state index is 5.47. The molecule has 0 spiro atoms. The standard InChI is InChI=1S/C13H24N4O/c1-10(2)17-7-5-11(9-17)8-13-15-12(16-18-13)4-3-6-14/h10-11H,3-9,14H2,1-2H3. The topological polar surface area (TPSA) is 68.2 Å². The Bertz CT molecular complexity index is 364. The van der Waals surface area contributed by atoms with Crippen molar-refractivity contribution in [1.82, 2.24) is 15.0 Å². The van der Waals surface area contributed by atoms with Gasteiger partial charge < -0.3 is 15.2 Å². The predicted octanol–water partition coefficient (Wildman–Crippen LogP) is 1.23. The van der Waals surface area contributed by atoms with E-state index in [1.165, 1.54) is 13.0 Å². The zero-order valence-electron chi connectivity index (χ0n) is 11.4. The van der Waals surface area contributed by atoms with Gasteiger partial charge in [0.1, 0.15) is 0 Å². The molecule has 5 heteroatoms. The second-order valence-corrected chi connectivity index (χ2v) is 5.44. The molecule has 0 saturated carbocycles. The summed E-state index contributed by atoms with van der Waals surface area (Å²) in [6, 6.07) is 0.637. The molecule has 0 aromatic carbocycles. The fourth-order valence-corrected chi connectivity index (χ4v) is 2.48. The van der Waals surface area contributed by atoms with Gasteiger partial charge in [-0.05, 0) is 45.7 Å². The van der Waals surface area contributed by atoms with Gasteiger partial charge in [0.25, 0.3) is 0 Å². The van der Waals surface area contributed by atoms with E-state index >= 15 is 0 Å². The highest BCUT2D eigenvalue weighted by Gasteiger charge is 2.25. The Morgan fingerprint density at radius 1 is 1.50 bits per heavy atom. The van der Waals surface area contributed by atoms with Gasteiger partial charge in [-0.15, -0.1) is 0 Å². The Morgan fingerprint density at radius 2 is 2.33 bits per heavy atom. The third-order valence-electron chi connectivity index (χ3n) is 3.63. The van der Waals surface area contributed by atoms with Crippen LogP contribution in [0.25, 0.3) is 0 Å². The molecule has 1 aliphatic rings. The second-order valence-electron chi connectivity index (χ2n) is 5.44. The number of nitrogens with two attached hydrogens (primary N) is 1. The Kier molecular flexibility index (Phi) is 4.72. The summed E-state index contributed by atoms with van der Waals surface area (Å²) in [7, 11) is 0. The van der Waals surface area contributed by atoms with Crippen LogP contribution in [0.15, 0.2) is 4.52 Å². The van der Waals surface area contributed by atoms with Crippen molar-refractivity contribution in [2.45, 2.75) is 45.6 Å². The van der Waals surface area contributed by atoms with Gasteiger partial charge in [0.15, 0.2) is 5.82 Å². The molecule has 1 unspecified atom stereocenters. The molecule has 0 radical (unpaired) electrons. The number of nitrogens with zero attached hydrogens (tertiary/aromatic N) is 3. The van der Waals surface area contributed by atoms with Crippen LogP contribution >= 0.6 is 0 Å². The van der Waals surface area contributed by atoms with Gasteiger partial charge in [-0.2, -0.15) is 4.98 Å². The smallest absolute Gasteiger partial charge is 0.226 e. The average molecular weight is 252 g/mol. The predicted molar refractivity (Wildman–Crippen MR) is 70.2 cm³/mol. The summed E-state index contributed by atoms with van der Waals surface area (Å²) >= 11 is 0. The monoisotopic (exact) mass is 252 g/mol. The lowest BCUT2D eigenvalue weighted by Gasteiger charge is -2.19. The largest absolute Gasteiger partial charge is 0.339 e. The quantitative estimate of drug-likeness (QED) is 0.825. The van der Waals surface area contributed by atoms with Crippen LogP contribution in [0.4, 0.5) is 0 Å². The lowest BCUT2D eigenvalue weighted by Crippen LogP contribution is -2.28. The summed E-state index contributed by atoms with van der Waals surface area (Å²) < 4.78 is 5.30. The Balaban J connectivity index is 1.81. The third kappa shape index (κ3) is 3.53. The van der Waals surface area contributed by atoms with Gasteiger partial charge in [0.05, 0.1) is 0 Å². The number of hydrogen-bond donors (Lipinski definition) is 1. The first-order chi connectivity index (χ1) is 8.69. The van der Waals surface area contributed by atoms with Crippen LogP contribution in [0.1, 0.15) is 38.4 Å². The lowest BCUT2D eigenvalue weighted by molar-refractivity contribution is 0.260. The highest BCUT2D eigenvalue weighted by Crippen LogP contribution is 2.21. The van der Waals surface area contributed by atoms with Gasteiger partial charge in [-0.3, -0.25) is 0 Å². The molecule has 2 heterocycles. The van der Waals surface area contributed by atoms with Crippen LogP contribution < -0.4 is 5.73 Å². The van der Waals surface area contributed by atoms with Crippen molar-refractivity contribution < 1.29 is 4.52 Å². The van der Waals surface area contributed by atoms with E-state index in [4.69, 9.17) is 10.3 Å². The summed E-state index contributed by atoms with van der Waals surface area (Å²) in [5.74, 6) is 2.25. The van der Waals surface area contributed by atoms with E-state index in [1.54, 1.807) is 0 Å². The number of aromatic nitrogens is 2. The van der Waals surface area contributed by atoms with E-state index in [0.717, 1.165) is 37.5 Å². The van der Waals surface area contributed by atoms with Crippen molar-refractivity contribution in [3.05, 3.63) is 11.7 Å². The minimum absolute atomic E-state index is 0.637. The van der Waals surface area contributed by atoms with Crippen LogP contribution in [-0.2, 0) is 12.8 Å². The highest BCUT2D eigenvalue weighted by molar-refractivity contribution is 4.91. The highest BCUT2D eigenvalue weighted by atomic mass is 16.5. The van der Waals surface area contributed by atoms with Crippen LogP contribution in [0, 0.1) is 5.92 Å². The number of likely N-dealkylation sites (tertiary alicyclic amines) is 1. The molecule has 1 aliphatic heterocycles. The molecule has 2 rings (SSSR count). The van der Waals surface area contributed by atoms with Crippen LogP contribution in [0.3, 0.4) is 0 Å². The molecule has 0 aliphatic carbocycles. The second kappa shape index (κ2) is 6.29. The van der Waals surface area contributed by atoms with E-state index < -0.39 is 0 Å². The molecule has 1 aromatic heterocycles. The van der Waals surface area contributed by atoms with Crippen molar-refractivity contribution >= 4 is 0 Å². The average Bonchev–Trinajstić information content (AvgIpc) is 2.96. The third-order valence-corrected chi connectivity index (χ3v) is 3.63. The van der Waals surface area contributed by atoms with Gasteiger partial charge >= 0.3 is 0 Å². The van der Waals surface area contributed by atoms with E-state index in [1.807, 2.05) is 0 Å². The first-order valence-electron chi connectivity index (χ1n) is 6.94. The summed E-state index contributed by atoms with van der Waals surface area (Å²) in [5, 5.41) is 3.99. The fraction of sp³-hybridized carbons (Fsp3) is 0.846. The maximum absolute atomic E-state index is 5.47. The molecule has 1 atom stereocenters.